The van der Waals surface area contributed by atoms with Crippen LogP contribution in [0.3, 0.4) is 0 Å². The fraction of sp³-hybridized carbons (Fsp3) is 0.333. The van der Waals surface area contributed by atoms with Crippen molar-refractivity contribution in [3.8, 4) is 11.5 Å². The molecule has 0 bridgehead atoms. The third-order valence-corrected chi connectivity index (χ3v) is 7.21. The SMILES string of the molecule is Nc1nccc(Oc2ccc(NC(=O)C3(C(=O)Nc4ccc(F)cc4)CC3)cc2F)c1/C=N/OCC(O)CN1CCOCC1. The van der Waals surface area contributed by atoms with Crippen molar-refractivity contribution in [1.29, 1.82) is 0 Å². The summed E-state index contributed by atoms with van der Waals surface area (Å²) in [5, 5.41) is 19.3. The zero-order chi connectivity index (χ0) is 31.1. The Morgan fingerprint density at radius 2 is 1.75 bits per heavy atom. The van der Waals surface area contributed by atoms with Crippen LogP contribution in [0.15, 0.2) is 59.9 Å². The van der Waals surface area contributed by atoms with Gasteiger partial charge in [-0.1, -0.05) is 5.16 Å². The number of carbonyl (C=O) groups excluding carboxylic acids is 2. The average molecular weight is 611 g/mol. The molecule has 1 saturated heterocycles. The average Bonchev–Trinajstić information content (AvgIpc) is 3.82. The standard InChI is InChI=1S/C30H32F2N6O6/c31-19-1-3-20(4-2-19)36-28(40)30(8-9-30)29(41)37-21-5-6-26(24(32)15-21)44-25-7-10-34-27(33)23(25)16-35-43-18-22(39)17-38-11-13-42-14-12-38/h1-7,10,15-16,22,39H,8-9,11-14,17-18H2,(H2,33,34)(H,36,40)(H,37,41)/b35-16+. The highest BCUT2D eigenvalue weighted by molar-refractivity contribution is 6.16. The summed E-state index contributed by atoms with van der Waals surface area (Å²) < 4.78 is 39.3. The summed E-state index contributed by atoms with van der Waals surface area (Å²) in [5.74, 6) is -2.31. The molecule has 2 aliphatic rings. The van der Waals surface area contributed by atoms with Crippen molar-refractivity contribution < 1.29 is 37.8 Å². The van der Waals surface area contributed by atoms with Gasteiger partial charge in [0.2, 0.25) is 11.8 Å². The number of ether oxygens (including phenoxy) is 2. The summed E-state index contributed by atoms with van der Waals surface area (Å²) in [6.45, 7) is 3.06. The largest absolute Gasteiger partial charge is 0.453 e. The van der Waals surface area contributed by atoms with Gasteiger partial charge >= 0.3 is 0 Å². The zero-order valence-corrected chi connectivity index (χ0v) is 23.7. The molecule has 2 heterocycles. The molecule has 2 fully saturated rings. The van der Waals surface area contributed by atoms with E-state index in [0.29, 0.717) is 38.3 Å². The number of aliphatic hydroxyl groups is 1. The minimum Gasteiger partial charge on any atom is -0.453 e. The number of aromatic nitrogens is 1. The van der Waals surface area contributed by atoms with Crippen molar-refractivity contribution in [2.45, 2.75) is 18.9 Å². The number of hydrogen-bond donors (Lipinski definition) is 4. The number of morpholine rings is 1. The monoisotopic (exact) mass is 610 g/mol. The summed E-state index contributed by atoms with van der Waals surface area (Å²) in [6, 6.07) is 10.5. The number of nitrogen functional groups attached to an aromatic ring is 1. The summed E-state index contributed by atoms with van der Waals surface area (Å²) in [6.07, 6.45) is 2.52. The van der Waals surface area contributed by atoms with Crippen LogP contribution in [0.2, 0.25) is 0 Å². The number of nitrogens with one attached hydrogen (secondary N) is 2. The molecule has 1 aliphatic carbocycles. The number of benzene rings is 2. The highest BCUT2D eigenvalue weighted by Crippen LogP contribution is 2.47. The Morgan fingerprint density at radius 1 is 1.07 bits per heavy atom. The molecule has 14 heteroatoms. The van der Waals surface area contributed by atoms with Gasteiger partial charge in [-0.2, -0.15) is 0 Å². The number of hydrogen-bond acceptors (Lipinski definition) is 10. The number of β-amino-alcohol motifs (C(OH)–C–C–N with tert-alkyl or cyclic N) is 1. The van der Waals surface area contributed by atoms with Crippen molar-refractivity contribution in [1.82, 2.24) is 9.88 Å². The van der Waals surface area contributed by atoms with E-state index in [2.05, 4.69) is 25.7 Å². The van der Waals surface area contributed by atoms with E-state index in [9.17, 15) is 19.1 Å². The summed E-state index contributed by atoms with van der Waals surface area (Å²) >= 11 is 0. The number of rotatable bonds is 12. The molecule has 2 aromatic carbocycles. The molecule has 5 N–H and O–H groups in total. The van der Waals surface area contributed by atoms with E-state index in [1.165, 1.54) is 54.9 Å². The first kappa shape index (κ1) is 30.8. The number of nitrogens with zero attached hydrogens (tertiary/aromatic N) is 3. The zero-order valence-electron chi connectivity index (χ0n) is 23.7. The molecule has 232 valence electrons. The number of anilines is 3. The van der Waals surface area contributed by atoms with Crippen LogP contribution in [0.5, 0.6) is 11.5 Å². The highest BCUT2D eigenvalue weighted by atomic mass is 19.1. The first-order valence-corrected chi connectivity index (χ1v) is 14.0. The predicted octanol–water partition coefficient (Wildman–Crippen LogP) is 3.14. The molecule has 1 aromatic heterocycles. The van der Waals surface area contributed by atoms with Crippen LogP contribution in [0.25, 0.3) is 0 Å². The maximum Gasteiger partial charge on any atom is 0.240 e. The molecule has 1 atom stereocenters. The first-order chi connectivity index (χ1) is 21.2. The highest BCUT2D eigenvalue weighted by Gasteiger charge is 2.56. The van der Waals surface area contributed by atoms with E-state index in [1.807, 2.05) is 0 Å². The Balaban J connectivity index is 1.18. The Morgan fingerprint density at radius 3 is 2.43 bits per heavy atom. The lowest BCUT2D eigenvalue weighted by Crippen LogP contribution is -2.42. The van der Waals surface area contributed by atoms with Crippen LogP contribution in [0, 0.1) is 17.0 Å². The van der Waals surface area contributed by atoms with Gasteiger partial charge in [-0.15, -0.1) is 0 Å². The maximum atomic E-state index is 15.1. The van der Waals surface area contributed by atoms with Crippen molar-refractivity contribution in [3.63, 3.8) is 0 Å². The number of aliphatic hydroxyl groups excluding tert-OH is 1. The van der Waals surface area contributed by atoms with E-state index in [4.69, 9.17) is 20.0 Å². The summed E-state index contributed by atoms with van der Waals surface area (Å²) in [4.78, 5) is 37.1. The van der Waals surface area contributed by atoms with Crippen LogP contribution in [0.4, 0.5) is 26.0 Å². The van der Waals surface area contributed by atoms with Crippen molar-refractivity contribution >= 4 is 35.2 Å². The Labute approximate surface area is 251 Å². The van der Waals surface area contributed by atoms with Gasteiger partial charge in [0, 0.05) is 43.3 Å². The molecular weight excluding hydrogens is 578 g/mol. The number of nitrogens with two attached hydrogens (primary N) is 1. The fourth-order valence-corrected chi connectivity index (χ4v) is 4.54. The van der Waals surface area contributed by atoms with Gasteiger partial charge in [0.05, 0.1) is 25.0 Å². The molecule has 44 heavy (non-hydrogen) atoms. The number of amides is 2. The molecule has 0 spiro atoms. The normalized spacial score (nSPS) is 16.7. The summed E-state index contributed by atoms with van der Waals surface area (Å²) in [5.41, 5.74) is 5.40. The van der Waals surface area contributed by atoms with Gasteiger partial charge in [-0.3, -0.25) is 14.5 Å². The quantitative estimate of drug-likeness (QED) is 0.137. The van der Waals surface area contributed by atoms with Gasteiger partial charge in [-0.25, -0.2) is 13.8 Å². The fourth-order valence-electron chi connectivity index (χ4n) is 4.54. The minimum absolute atomic E-state index is 0.0544. The molecule has 1 aliphatic heterocycles. The Kier molecular flexibility index (Phi) is 9.62. The number of halogens is 2. The molecule has 2 amide bonds. The lowest BCUT2D eigenvalue weighted by atomic mass is 10.0. The van der Waals surface area contributed by atoms with Crippen molar-refractivity contribution in [2.24, 2.45) is 10.6 Å². The van der Waals surface area contributed by atoms with Crippen LogP contribution < -0.4 is 21.1 Å². The molecular formula is C30H32F2N6O6. The van der Waals surface area contributed by atoms with Crippen molar-refractivity contribution in [3.05, 3.63) is 71.9 Å². The van der Waals surface area contributed by atoms with E-state index in [1.54, 1.807) is 0 Å². The molecule has 0 radical (unpaired) electrons. The summed E-state index contributed by atoms with van der Waals surface area (Å²) in [7, 11) is 0. The Bertz CT molecular complexity index is 1510. The molecule has 5 rings (SSSR count). The second kappa shape index (κ2) is 13.8. The predicted molar refractivity (Wildman–Crippen MR) is 157 cm³/mol. The number of oxime groups is 1. The molecule has 3 aromatic rings. The molecule has 1 saturated carbocycles. The van der Waals surface area contributed by atoms with Crippen LogP contribution >= 0.6 is 0 Å². The number of pyridine rings is 1. The van der Waals surface area contributed by atoms with E-state index in [0.717, 1.165) is 19.2 Å². The van der Waals surface area contributed by atoms with Gasteiger partial charge in [0.25, 0.3) is 0 Å². The van der Waals surface area contributed by atoms with Gasteiger partial charge in [0.1, 0.15) is 35.5 Å². The maximum absolute atomic E-state index is 15.1. The minimum atomic E-state index is -1.30. The Hall–Kier alpha value is -4.66. The van der Waals surface area contributed by atoms with Gasteiger partial charge in [-0.05, 0) is 55.3 Å². The van der Waals surface area contributed by atoms with Gasteiger partial charge < -0.3 is 35.8 Å². The van der Waals surface area contributed by atoms with Crippen LogP contribution in [0.1, 0.15) is 18.4 Å². The van der Waals surface area contributed by atoms with Crippen molar-refractivity contribution in [2.75, 3.05) is 55.8 Å². The van der Waals surface area contributed by atoms with E-state index >= 15 is 4.39 Å². The second-order valence-corrected chi connectivity index (χ2v) is 10.4. The second-order valence-electron chi connectivity index (χ2n) is 10.4. The first-order valence-electron chi connectivity index (χ1n) is 14.0. The van der Waals surface area contributed by atoms with E-state index in [-0.39, 0.29) is 35.2 Å². The van der Waals surface area contributed by atoms with Gasteiger partial charge in [0.15, 0.2) is 11.6 Å². The molecule has 1 unspecified atom stereocenters. The lowest BCUT2D eigenvalue weighted by molar-refractivity contribution is -0.131. The third-order valence-electron chi connectivity index (χ3n) is 7.21. The van der Waals surface area contributed by atoms with Crippen LogP contribution in [-0.4, -0.2) is 78.6 Å². The third kappa shape index (κ3) is 7.64. The number of carbonyl (C=O) groups is 2. The smallest absolute Gasteiger partial charge is 0.240 e. The lowest BCUT2D eigenvalue weighted by Gasteiger charge is -2.28. The topological polar surface area (TPSA) is 161 Å². The van der Waals surface area contributed by atoms with E-state index < -0.39 is 35.0 Å². The molecule has 12 nitrogen and oxygen atoms in total. The van der Waals surface area contributed by atoms with Crippen LogP contribution in [-0.2, 0) is 19.2 Å².